The number of carbonyl (C=O) groups excluding carboxylic acids is 1. The fourth-order valence-corrected chi connectivity index (χ4v) is 2.06. The predicted molar refractivity (Wildman–Crippen MR) is 73.0 cm³/mol. The van der Waals surface area contributed by atoms with Crippen LogP contribution in [0.5, 0.6) is 0 Å². The zero-order chi connectivity index (χ0) is 14.0. The van der Waals surface area contributed by atoms with Gasteiger partial charge in [0.25, 0.3) is 0 Å². The number of rotatable bonds is 4. The van der Waals surface area contributed by atoms with Crippen molar-refractivity contribution in [3.05, 3.63) is 40.5 Å². The zero-order valence-electron chi connectivity index (χ0n) is 10.4. The Bertz CT molecular complexity index is 622. The lowest BCUT2D eigenvalue weighted by molar-refractivity contribution is 0.100. The van der Waals surface area contributed by atoms with Gasteiger partial charge in [-0.1, -0.05) is 17.7 Å². The molecule has 0 bridgehead atoms. The Morgan fingerprint density at radius 3 is 2.84 bits per heavy atom. The number of hydrogen-bond acceptors (Lipinski definition) is 3. The summed E-state index contributed by atoms with van der Waals surface area (Å²) in [5.41, 5.74) is 7.94. The van der Waals surface area contributed by atoms with Crippen LogP contribution in [0.15, 0.2) is 24.3 Å². The van der Waals surface area contributed by atoms with Crippen LogP contribution in [0.1, 0.15) is 16.1 Å². The van der Waals surface area contributed by atoms with Crippen molar-refractivity contribution in [1.82, 2.24) is 9.78 Å². The largest absolute Gasteiger partial charge is 0.394 e. The van der Waals surface area contributed by atoms with Crippen LogP contribution in [0.2, 0.25) is 5.02 Å². The summed E-state index contributed by atoms with van der Waals surface area (Å²) in [4.78, 5) is 11.3. The minimum atomic E-state index is -0.571. The maximum absolute atomic E-state index is 11.3. The number of aromatic nitrogens is 2. The molecule has 2 aromatic rings. The van der Waals surface area contributed by atoms with Crippen LogP contribution in [0.25, 0.3) is 11.3 Å². The van der Waals surface area contributed by atoms with Gasteiger partial charge in [0.1, 0.15) is 0 Å². The zero-order valence-corrected chi connectivity index (χ0v) is 11.2. The van der Waals surface area contributed by atoms with Crippen molar-refractivity contribution in [3.63, 3.8) is 0 Å². The molecule has 6 heteroatoms. The van der Waals surface area contributed by atoms with E-state index >= 15 is 0 Å². The fourth-order valence-electron chi connectivity index (χ4n) is 1.85. The van der Waals surface area contributed by atoms with E-state index in [1.807, 2.05) is 13.0 Å². The summed E-state index contributed by atoms with van der Waals surface area (Å²) in [6, 6.07) is 6.90. The van der Waals surface area contributed by atoms with Crippen molar-refractivity contribution in [2.75, 3.05) is 6.61 Å². The molecule has 0 aliphatic rings. The van der Waals surface area contributed by atoms with E-state index in [-0.39, 0.29) is 12.2 Å². The molecule has 0 aliphatic carbocycles. The lowest BCUT2D eigenvalue weighted by Crippen LogP contribution is -2.11. The van der Waals surface area contributed by atoms with Crippen LogP contribution in [0.4, 0.5) is 0 Å². The normalized spacial score (nSPS) is 10.7. The Labute approximate surface area is 115 Å². The Balaban J connectivity index is 2.44. The molecule has 0 radical (unpaired) electrons. The van der Waals surface area contributed by atoms with E-state index in [1.165, 1.54) is 0 Å². The van der Waals surface area contributed by atoms with Gasteiger partial charge in [-0.2, -0.15) is 5.10 Å². The molecule has 5 nitrogen and oxygen atoms in total. The summed E-state index contributed by atoms with van der Waals surface area (Å²) in [6.45, 7) is 2.36. The third kappa shape index (κ3) is 2.77. The lowest BCUT2D eigenvalue weighted by atomic mass is 10.1. The maximum atomic E-state index is 11.3. The second-order valence-corrected chi connectivity index (χ2v) is 4.58. The summed E-state index contributed by atoms with van der Waals surface area (Å²) >= 11 is 5.91. The molecule has 0 aliphatic heterocycles. The first-order valence-electron chi connectivity index (χ1n) is 5.78. The van der Waals surface area contributed by atoms with E-state index in [0.29, 0.717) is 17.3 Å². The number of hydrogen-bond donors (Lipinski definition) is 2. The molecule has 1 amide bonds. The second kappa shape index (κ2) is 5.42. The van der Waals surface area contributed by atoms with Crippen LogP contribution >= 0.6 is 11.6 Å². The third-order valence-electron chi connectivity index (χ3n) is 2.82. The summed E-state index contributed by atoms with van der Waals surface area (Å²) in [6.07, 6.45) is 0. The highest BCUT2D eigenvalue weighted by Gasteiger charge is 2.11. The summed E-state index contributed by atoms with van der Waals surface area (Å²) < 4.78 is 1.70. The summed E-state index contributed by atoms with van der Waals surface area (Å²) in [5, 5.41) is 13.6. The van der Waals surface area contributed by atoms with Crippen molar-refractivity contribution in [2.45, 2.75) is 13.5 Å². The molecule has 19 heavy (non-hydrogen) atoms. The molecule has 0 saturated heterocycles. The van der Waals surface area contributed by atoms with Gasteiger partial charge in [-0.15, -0.1) is 0 Å². The number of halogens is 1. The predicted octanol–water partition coefficient (Wildman–Crippen LogP) is 1.60. The Morgan fingerprint density at radius 2 is 2.21 bits per heavy atom. The molecule has 0 saturated carbocycles. The lowest BCUT2D eigenvalue weighted by Gasteiger charge is -2.03. The van der Waals surface area contributed by atoms with Gasteiger partial charge in [-0.05, 0) is 25.1 Å². The average molecular weight is 280 g/mol. The second-order valence-electron chi connectivity index (χ2n) is 4.18. The number of benzene rings is 1. The fraction of sp³-hybridized carbons (Fsp3) is 0.231. The first kappa shape index (κ1) is 13.6. The quantitative estimate of drug-likeness (QED) is 0.892. The highest BCUT2D eigenvalue weighted by atomic mass is 35.5. The van der Waals surface area contributed by atoms with Crippen LogP contribution in [-0.2, 0) is 6.54 Å². The Hall–Kier alpha value is -1.85. The summed E-state index contributed by atoms with van der Waals surface area (Å²) in [5.74, 6) is -0.571. The average Bonchev–Trinajstić information content (AvgIpc) is 2.72. The number of nitrogens with zero attached hydrogens (tertiary/aromatic N) is 2. The molecule has 2 rings (SSSR count). The number of aliphatic hydroxyl groups is 1. The number of primary amides is 1. The van der Waals surface area contributed by atoms with Crippen LogP contribution < -0.4 is 5.73 Å². The van der Waals surface area contributed by atoms with Crippen LogP contribution in [0.3, 0.4) is 0 Å². The van der Waals surface area contributed by atoms with E-state index in [2.05, 4.69) is 5.10 Å². The van der Waals surface area contributed by atoms with Crippen molar-refractivity contribution in [2.24, 2.45) is 5.73 Å². The van der Waals surface area contributed by atoms with Crippen molar-refractivity contribution in [3.8, 4) is 11.3 Å². The van der Waals surface area contributed by atoms with Gasteiger partial charge < -0.3 is 10.8 Å². The standard InChI is InChI=1S/C13H14ClN3O2/c1-8-6-12(16-17(8)4-5-18)9-2-3-11(14)10(7-9)13(15)19/h2-3,6-7,18H,4-5H2,1H3,(H2,15,19). The van der Waals surface area contributed by atoms with E-state index in [4.69, 9.17) is 22.4 Å². The van der Waals surface area contributed by atoms with Gasteiger partial charge in [0.15, 0.2) is 0 Å². The molecule has 1 aromatic heterocycles. The van der Waals surface area contributed by atoms with Crippen molar-refractivity contribution in [1.29, 1.82) is 0 Å². The number of amides is 1. The van der Waals surface area contributed by atoms with E-state index in [1.54, 1.807) is 22.9 Å². The van der Waals surface area contributed by atoms with E-state index in [0.717, 1.165) is 11.3 Å². The van der Waals surface area contributed by atoms with Crippen molar-refractivity contribution >= 4 is 17.5 Å². The van der Waals surface area contributed by atoms with Crippen molar-refractivity contribution < 1.29 is 9.90 Å². The molecular weight excluding hydrogens is 266 g/mol. The monoisotopic (exact) mass is 279 g/mol. The number of nitrogens with two attached hydrogens (primary N) is 1. The molecule has 1 heterocycles. The molecule has 3 N–H and O–H groups in total. The third-order valence-corrected chi connectivity index (χ3v) is 3.15. The van der Waals surface area contributed by atoms with Gasteiger partial charge in [0.2, 0.25) is 5.91 Å². The SMILES string of the molecule is Cc1cc(-c2ccc(Cl)c(C(N)=O)c2)nn1CCO. The smallest absolute Gasteiger partial charge is 0.250 e. The van der Waals surface area contributed by atoms with Crippen LogP contribution in [0, 0.1) is 6.92 Å². The number of carbonyl (C=O) groups is 1. The molecular formula is C13H14ClN3O2. The topological polar surface area (TPSA) is 81.1 Å². The molecule has 0 atom stereocenters. The molecule has 0 spiro atoms. The minimum Gasteiger partial charge on any atom is -0.394 e. The van der Waals surface area contributed by atoms with Gasteiger partial charge in [-0.3, -0.25) is 9.48 Å². The molecule has 1 aromatic carbocycles. The Morgan fingerprint density at radius 1 is 1.47 bits per heavy atom. The first-order chi connectivity index (χ1) is 9.02. The van der Waals surface area contributed by atoms with Gasteiger partial charge in [0, 0.05) is 11.3 Å². The number of aliphatic hydroxyl groups excluding tert-OH is 1. The Kier molecular flexibility index (Phi) is 3.87. The first-order valence-corrected chi connectivity index (χ1v) is 6.15. The molecule has 0 fully saturated rings. The van der Waals surface area contributed by atoms with Gasteiger partial charge >= 0.3 is 0 Å². The minimum absolute atomic E-state index is 0.0229. The van der Waals surface area contributed by atoms with Gasteiger partial charge in [0.05, 0.1) is 29.4 Å². The maximum Gasteiger partial charge on any atom is 0.250 e. The summed E-state index contributed by atoms with van der Waals surface area (Å²) in [7, 11) is 0. The van der Waals surface area contributed by atoms with Gasteiger partial charge in [-0.25, -0.2) is 0 Å². The van der Waals surface area contributed by atoms with E-state index < -0.39 is 5.91 Å². The highest BCUT2D eigenvalue weighted by molar-refractivity contribution is 6.33. The number of aryl methyl sites for hydroxylation is 1. The van der Waals surface area contributed by atoms with Crippen LogP contribution in [-0.4, -0.2) is 27.4 Å². The highest BCUT2D eigenvalue weighted by Crippen LogP contribution is 2.24. The van der Waals surface area contributed by atoms with E-state index in [9.17, 15) is 4.79 Å². The molecule has 0 unspecified atom stereocenters. The molecule has 100 valence electrons.